The number of carbonyl (C=O) groups is 1. The predicted octanol–water partition coefficient (Wildman–Crippen LogP) is 6.99. The van der Waals surface area contributed by atoms with Gasteiger partial charge >= 0.3 is 5.97 Å². The fourth-order valence-corrected chi connectivity index (χ4v) is 6.44. The number of carboxylic acid groups (broad SMARTS) is 1. The van der Waals surface area contributed by atoms with Crippen molar-refractivity contribution in [3.63, 3.8) is 0 Å². The molecule has 0 saturated heterocycles. The number of anilines is 1. The van der Waals surface area contributed by atoms with Gasteiger partial charge < -0.3 is 25.0 Å². The Balaban J connectivity index is 1.19. The lowest BCUT2D eigenvalue weighted by molar-refractivity contribution is -0.138. The topological polar surface area (TPSA) is 91.7 Å². The molecule has 5 rings (SSSR count). The lowest BCUT2D eigenvalue weighted by Crippen LogP contribution is -2.37. The molecule has 1 atom stereocenters. The van der Waals surface area contributed by atoms with E-state index in [1.807, 2.05) is 61.1 Å². The molecule has 8 heteroatoms. The number of allylic oxidation sites excluding steroid dienone is 6. The Morgan fingerprint density at radius 2 is 1.96 bits per heavy atom. The third-order valence-electron chi connectivity index (χ3n) is 9.19. The number of rotatable bonds is 15. The molecule has 0 spiro atoms. The van der Waals surface area contributed by atoms with E-state index in [1.54, 1.807) is 6.20 Å². The van der Waals surface area contributed by atoms with Crippen LogP contribution in [0.5, 0.6) is 5.75 Å². The molecule has 3 heterocycles. The smallest absolute Gasteiger partial charge is 0.326 e. The molecule has 0 fully saturated rings. The van der Waals surface area contributed by atoms with Crippen LogP contribution in [0, 0.1) is 6.92 Å². The van der Waals surface area contributed by atoms with Crippen LogP contribution in [0.1, 0.15) is 64.0 Å². The molecular weight excluding hydrogens is 562 g/mol. The summed E-state index contributed by atoms with van der Waals surface area (Å²) in [6, 6.07) is 11.2. The van der Waals surface area contributed by atoms with Gasteiger partial charge in [-0.2, -0.15) is 0 Å². The van der Waals surface area contributed by atoms with Crippen molar-refractivity contribution < 1.29 is 14.6 Å². The second-order valence-corrected chi connectivity index (χ2v) is 12.4. The molecule has 1 aliphatic carbocycles. The fraction of sp³-hybridized carbons (Fsp3) is 0.459. The van der Waals surface area contributed by atoms with Gasteiger partial charge in [-0.25, -0.2) is 4.79 Å². The van der Waals surface area contributed by atoms with Gasteiger partial charge in [0.2, 0.25) is 0 Å². The van der Waals surface area contributed by atoms with Gasteiger partial charge in [0.25, 0.3) is 0 Å². The Hall–Kier alpha value is -4.04. The van der Waals surface area contributed by atoms with Crippen molar-refractivity contribution in [1.82, 2.24) is 19.8 Å². The van der Waals surface area contributed by atoms with Crippen LogP contribution in [-0.2, 0) is 11.8 Å². The number of hydrogen-bond acceptors (Lipinski definition) is 6. The number of nitrogens with zero attached hydrogens (tertiary/aromatic N) is 3. The number of nitrogens with one attached hydrogen (secondary N) is 2. The quantitative estimate of drug-likeness (QED) is 0.160. The number of aryl methyl sites for hydroxylation is 2. The Morgan fingerprint density at radius 1 is 1.09 bits per heavy atom. The van der Waals surface area contributed by atoms with Crippen LogP contribution in [0.4, 0.5) is 5.69 Å². The van der Waals surface area contributed by atoms with Crippen LogP contribution in [0.2, 0.25) is 0 Å². The second kappa shape index (κ2) is 15.8. The van der Waals surface area contributed by atoms with Gasteiger partial charge in [0.15, 0.2) is 0 Å². The molecule has 0 radical (unpaired) electrons. The Kier molecular flexibility index (Phi) is 11.4. The number of carboxylic acids is 1. The predicted molar refractivity (Wildman–Crippen MR) is 183 cm³/mol. The van der Waals surface area contributed by atoms with Gasteiger partial charge in [-0.1, -0.05) is 35.9 Å². The highest BCUT2D eigenvalue weighted by atomic mass is 16.5. The Morgan fingerprint density at radius 3 is 2.80 bits per heavy atom. The number of unbranched alkanes of at least 4 members (excludes halogenated alkanes) is 1. The molecular formula is C37H49N5O3. The molecule has 3 N–H and O–H groups in total. The Bertz CT molecular complexity index is 1550. The van der Waals surface area contributed by atoms with Gasteiger partial charge in [-0.05, 0) is 101 Å². The zero-order valence-corrected chi connectivity index (χ0v) is 27.1. The van der Waals surface area contributed by atoms with E-state index in [0.29, 0.717) is 19.6 Å². The highest BCUT2D eigenvalue weighted by Crippen LogP contribution is 2.28. The number of benzene rings is 1. The van der Waals surface area contributed by atoms with Crippen LogP contribution >= 0.6 is 0 Å². The molecule has 0 amide bonds. The molecule has 2 aromatic heterocycles. The van der Waals surface area contributed by atoms with Crippen molar-refractivity contribution in [2.24, 2.45) is 7.05 Å². The van der Waals surface area contributed by atoms with Crippen LogP contribution in [0.15, 0.2) is 83.4 Å². The van der Waals surface area contributed by atoms with Crippen LogP contribution < -0.4 is 15.4 Å². The van der Waals surface area contributed by atoms with Gasteiger partial charge in [0, 0.05) is 55.7 Å². The molecule has 0 unspecified atom stereocenters. The maximum Gasteiger partial charge on any atom is 0.326 e. The zero-order valence-electron chi connectivity index (χ0n) is 27.1. The van der Waals surface area contributed by atoms with Gasteiger partial charge in [0.1, 0.15) is 18.4 Å². The van der Waals surface area contributed by atoms with Crippen LogP contribution in [0.25, 0.3) is 10.9 Å². The van der Waals surface area contributed by atoms with Crippen molar-refractivity contribution in [3.05, 3.63) is 89.1 Å². The molecule has 3 aromatic rings. The van der Waals surface area contributed by atoms with E-state index >= 15 is 0 Å². The van der Waals surface area contributed by atoms with E-state index in [0.717, 1.165) is 79.8 Å². The lowest BCUT2D eigenvalue weighted by atomic mass is 9.91. The van der Waals surface area contributed by atoms with E-state index in [2.05, 4.69) is 39.6 Å². The van der Waals surface area contributed by atoms with E-state index in [1.165, 1.54) is 35.3 Å². The summed E-state index contributed by atoms with van der Waals surface area (Å²) in [6.45, 7) is 8.14. The van der Waals surface area contributed by atoms with Crippen LogP contribution in [-0.4, -0.2) is 64.4 Å². The van der Waals surface area contributed by atoms with Gasteiger partial charge in [-0.3, -0.25) is 9.88 Å². The molecule has 0 bridgehead atoms. The standard InChI is InChI=1S/C37H49N5O3/c1-27-15-18-32-30(11-8-21-39-32)17-16-29(27)10-6-7-22-42(24-25-45-36-14-9-20-38-28(36)2)23-19-33(37(43)44)40-34-26-41(3)35-13-5-4-12-31(34)35/h4-5,9,12-14,16-17,20,26,33,39-40H,6-8,10-11,15,18-19,21-25H2,1-3H3,(H,43,44)/b17-16-,29-27+/t33-/m0/s1. The average molecular weight is 612 g/mol. The lowest BCUT2D eigenvalue weighted by Gasteiger charge is -2.25. The summed E-state index contributed by atoms with van der Waals surface area (Å²) in [4.78, 5) is 19.1. The molecule has 45 heavy (non-hydrogen) atoms. The molecule has 1 aromatic carbocycles. The molecule has 8 nitrogen and oxygen atoms in total. The Labute approximate surface area is 267 Å². The van der Waals surface area contributed by atoms with E-state index in [-0.39, 0.29) is 0 Å². The third kappa shape index (κ3) is 8.78. The molecule has 0 saturated carbocycles. The zero-order chi connectivity index (χ0) is 31.6. The number of para-hydroxylation sites is 1. The first-order valence-corrected chi connectivity index (χ1v) is 16.5. The van der Waals surface area contributed by atoms with Crippen molar-refractivity contribution in [2.75, 3.05) is 38.1 Å². The van der Waals surface area contributed by atoms with E-state index in [9.17, 15) is 9.90 Å². The summed E-state index contributed by atoms with van der Waals surface area (Å²) in [5.74, 6) is -0.0431. The first-order chi connectivity index (χ1) is 21.9. The first-order valence-electron chi connectivity index (χ1n) is 16.5. The summed E-state index contributed by atoms with van der Waals surface area (Å²) in [6.07, 6.45) is 16.7. The SMILES string of the molecule is C/C1=C(CCCCN(CCOc2cccnc2C)CC[C@H](Nc2cn(C)c3ccccc23)C(=O)O)\C=C/C2=C(CC1)NCCC2. The minimum atomic E-state index is -0.838. The average Bonchev–Trinajstić information content (AvgIpc) is 3.36. The summed E-state index contributed by atoms with van der Waals surface area (Å²) in [7, 11) is 1.99. The van der Waals surface area contributed by atoms with E-state index in [4.69, 9.17) is 4.74 Å². The molecule has 2 aliphatic rings. The number of aromatic nitrogens is 2. The number of ether oxygens (including phenoxy) is 1. The summed E-state index contributed by atoms with van der Waals surface area (Å²) >= 11 is 0. The largest absolute Gasteiger partial charge is 0.490 e. The highest BCUT2D eigenvalue weighted by molar-refractivity contribution is 5.94. The summed E-state index contributed by atoms with van der Waals surface area (Å²) < 4.78 is 8.12. The van der Waals surface area contributed by atoms with Crippen molar-refractivity contribution in [3.8, 4) is 5.75 Å². The molecule has 1 aliphatic heterocycles. The van der Waals surface area contributed by atoms with Crippen molar-refractivity contribution in [2.45, 2.75) is 71.3 Å². The van der Waals surface area contributed by atoms with Gasteiger partial charge in [0.05, 0.1) is 11.4 Å². The monoisotopic (exact) mass is 611 g/mol. The number of aliphatic carboxylic acids is 1. The van der Waals surface area contributed by atoms with E-state index < -0.39 is 12.0 Å². The number of hydrogen-bond donors (Lipinski definition) is 3. The fourth-order valence-electron chi connectivity index (χ4n) is 6.44. The summed E-state index contributed by atoms with van der Waals surface area (Å²) in [5, 5.41) is 18.1. The van der Waals surface area contributed by atoms with Crippen molar-refractivity contribution >= 4 is 22.6 Å². The molecule has 240 valence electrons. The minimum absolute atomic E-state index is 0.489. The summed E-state index contributed by atoms with van der Waals surface area (Å²) in [5.41, 5.74) is 8.68. The van der Waals surface area contributed by atoms with Gasteiger partial charge in [-0.15, -0.1) is 0 Å². The first kappa shape index (κ1) is 32.4. The van der Waals surface area contributed by atoms with Crippen LogP contribution in [0.3, 0.4) is 0 Å². The maximum absolute atomic E-state index is 12.4. The normalized spacial score (nSPS) is 18.2. The number of fused-ring (bicyclic) bond motifs is 1. The van der Waals surface area contributed by atoms with Crippen molar-refractivity contribution in [1.29, 1.82) is 0 Å². The third-order valence-corrected chi connectivity index (χ3v) is 9.19. The highest BCUT2D eigenvalue weighted by Gasteiger charge is 2.21. The second-order valence-electron chi connectivity index (χ2n) is 12.4. The minimum Gasteiger partial charge on any atom is -0.490 e. The maximum atomic E-state index is 12.4. The number of pyridine rings is 1.